The molecule has 28 nitrogen and oxygen atoms in total. The molecule has 11 rings (SSSR count). The number of likely N-dealkylation sites (tertiary alicyclic amines) is 2. The molecule has 0 spiro atoms. The molecule has 0 saturated carbocycles. The van der Waals surface area contributed by atoms with Crippen LogP contribution in [-0.2, 0) is 51.6 Å². The number of piperidine rings is 2. The van der Waals surface area contributed by atoms with Gasteiger partial charge in [0.2, 0.25) is 23.7 Å². The van der Waals surface area contributed by atoms with E-state index in [9.17, 15) is 44.1 Å². The number of benzene rings is 2. The zero-order valence-electron chi connectivity index (χ0n) is 55.9. The van der Waals surface area contributed by atoms with Crippen molar-refractivity contribution in [3.05, 3.63) is 100 Å². The number of aromatic nitrogens is 5. The Morgan fingerprint density at radius 1 is 0.600 bits per heavy atom. The zero-order chi connectivity index (χ0) is 67.9. The van der Waals surface area contributed by atoms with E-state index in [1.165, 1.54) is 23.1 Å². The maximum atomic E-state index is 13.6. The number of anilines is 4. The van der Waals surface area contributed by atoms with E-state index in [4.69, 9.17) is 23.6 Å². The number of carbonyl (C=O) groups is 6. The van der Waals surface area contributed by atoms with Gasteiger partial charge in [-0.1, -0.05) is 12.1 Å². The van der Waals surface area contributed by atoms with Crippen molar-refractivity contribution >= 4 is 59.3 Å². The molecule has 4 atom stereocenters. The number of carbonyl (C=O) groups excluding carboxylic acids is 6. The van der Waals surface area contributed by atoms with E-state index in [0.717, 1.165) is 92.7 Å². The Kier molecular flexibility index (Phi) is 21.5. The summed E-state index contributed by atoms with van der Waals surface area (Å²) in [5.41, 5.74) is 3.06. The third-order valence-corrected chi connectivity index (χ3v) is 17.5. The molecular formula is C67H91N15O13. The van der Waals surface area contributed by atoms with Crippen LogP contribution in [0, 0.1) is 6.92 Å². The maximum absolute atomic E-state index is 13.6. The second-order valence-corrected chi connectivity index (χ2v) is 27.4. The number of oxazole rings is 1. The Balaban J connectivity index is 0.000000209. The highest BCUT2D eigenvalue weighted by molar-refractivity contribution is 5.94. The van der Waals surface area contributed by atoms with E-state index in [2.05, 4.69) is 51.0 Å². The van der Waals surface area contributed by atoms with Crippen LogP contribution in [0.2, 0.25) is 0 Å². The molecule has 5 aromatic rings. The third-order valence-electron chi connectivity index (χ3n) is 17.5. The van der Waals surface area contributed by atoms with E-state index in [0.29, 0.717) is 74.1 Å². The highest BCUT2D eigenvalue weighted by Crippen LogP contribution is 2.33. The van der Waals surface area contributed by atoms with Crippen LogP contribution >= 0.6 is 0 Å². The van der Waals surface area contributed by atoms with E-state index >= 15 is 0 Å². The Hall–Kier alpha value is -9.05. The second-order valence-electron chi connectivity index (χ2n) is 27.4. The van der Waals surface area contributed by atoms with Gasteiger partial charge in [-0.05, 0) is 146 Å². The molecule has 6 aliphatic rings. The number of aliphatic hydroxyl groups excluding tert-OH is 2. The standard InChI is InChI=1S/C36H48N8O7.C31H43N7O6/c1-22-31(50-21-38-22)20-49-27-10-9-24-14-29(44(17-25(24)13-27)35(48)51-36(3,4)5)30(46)16-37-33(47)28-15-32(39-26-18-43(19-26)23(2)45)41-34(40-28)42-11-7-6-8-12-42;1-19(39)37-17-22(18-37)33-27-14-24(34-29(35-27)36-10-6-5-7-11-36)28(42)32-15-26(41)25-13-20-8-9-23(40)12-21(20)16-38(25)30(43)44-31(2,3)4/h9-10,13,15,21,26,29-30,46H,6-8,11-12,14,16-20H2,1-5H3,(H,37,47)(H,39,40,41);8-9,12,14,22,25-26,40-41H,5-7,10-11,13,15-18H2,1-4H3,(H,32,42)(H,33,34,35)/t29-,30+;25-,26+/m00/s1. The summed E-state index contributed by atoms with van der Waals surface area (Å²) in [4.78, 5) is 110. The molecule has 3 aromatic heterocycles. The number of nitrogens with one attached hydrogen (secondary N) is 4. The van der Waals surface area contributed by atoms with Crippen LogP contribution in [0.1, 0.15) is 149 Å². The number of aromatic hydroxyl groups is 1. The van der Waals surface area contributed by atoms with Gasteiger partial charge in [-0.3, -0.25) is 29.0 Å². The maximum Gasteiger partial charge on any atom is 0.410 e. The first-order valence-electron chi connectivity index (χ1n) is 32.9. The largest absolute Gasteiger partial charge is 0.508 e. The number of hydrogen-bond acceptors (Lipinski definition) is 22. The fourth-order valence-electron chi connectivity index (χ4n) is 12.3. The molecule has 512 valence electrons. The summed E-state index contributed by atoms with van der Waals surface area (Å²) in [5, 5.41) is 45.1. The van der Waals surface area contributed by atoms with Crippen molar-refractivity contribution in [3.63, 3.8) is 0 Å². The van der Waals surface area contributed by atoms with Crippen molar-refractivity contribution in [2.45, 2.75) is 181 Å². The Labute approximate surface area is 553 Å². The van der Waals surface area contributed by atoms with Crippen LogP contribution in [-0.4, -0.2) is 209 Å². The summed E-state index contributed by atoms with van der Waals surface area (Å²) in [6.07, 6.45) is 5.00. The molecule has 0 aliphatic carbocycles. The number of aryl methyl sites for hydroxylation is 1. The van der Waals surface area contributed by atoms with Gasteiger partial charge in [0.1, 0.15) is 52.3 Å². The average Bonchev–Trinajstić information content (AvgIpc) is 1.35. The van der Waals surface area contributed by atoms with Crippen LogP contribution < -0.4 is 35.8 Å². The molecule has 6 amide bonds. The van der Waals surface area contributed by atoms with Gasteiger partial charge in [0.15, 0.2) is 12.2 Å². The van der Waals surface area contributed by atoms with Crippen LogP contribution in [0.15, 0.2) is 59.3 Å². The topological polar surface area (TPSA) is 336 Å². The molecular weight excluding hydrogens is 1220 g/mol. The average molecular weight is 1310 g/mol. The third kappa shape index (κ3) is 18.1. The molecule has 9 heterocycles. The number of ether oxygens (including phenoxy) is 3. The van der Waals surface area contributed by atoms with Crippen molar-refractivity contribution in [3.8, 4) is 11.5 Å². The first kappa shape index (κ1) is 68.8. The molecule has 6 aliphatic heterocycles. The van der Waals surface area contributed by atoms with Gasteiger partial charge in [0.25, 0.3) is 11.8 Å². The molecule has 0 radical (unpaired) electrons. The Bertz CT molecular complexity index is 3570. The smallest absolute Gasteiger partial charge is 0.410 e. The van der Waals surface area contributed by atoms with Crippen molar-refractivity contribution in [2.75, 3.05) is 85.9 Å². The number of fused-ring (bicyclic) bond motifs is 2. The minimum atomic E-state index is -1.12. The van der Waals surface area contributed by atoms with Crippen molar-refractivity contribution in [1.82, 2.24) is 55.2 Å². The fraction of sp³-hybridized carbons (Fsp3) is 0.567. The van der Waals surface area contributed by atoms with Gasteiger partial charge in [-0.15, -0.1) is 0 Å². The first-order chi connectivity index (χ1) is 45.2. The lowest BCUT2D eigenvalue weighted by atomic mass is 9.91. The number of phenols is 1. The van der Waals surface area contributed by atoms with Gasteiger partial charge in [-0.25, -0.2) is 24.5 Å². The molecule has 28 heteroatoms. The van der Waals surface area contributed by atoms with Gasteiger partial charge >= 0.3 is 12.2 Å². The van der Waals surface area contributed by atoms with E-state index < -0.39 is 59.5 Å². The van der Waals surface area contributed by atoms with E-state index in [1.807, 2.05) is 25.1 Å². The van der Waals surface area contributed by atoms with Gasteiger partial charge in [0.05, 0.1) is 42.1 Å². The van der Waals surface area contributed by atoms with E-state index in [1.54, 1.807) is 88.6 Å². The number of phenolic OH excluding ortho intramolecular Hbond substituents is 1. The minimum absolute atomic E-state index is 0.0166. The van der Waals surface area contributed by atoms with Crippen LogP contribution in [0.5, 0.6) is 11.5 Å². The monoisotopic (exact) mass is 1310 g/mol. The van der Waals surface area contributed by atoms with Gasteiger partial charge in [-0.2, -0.15) is 9.97 Å². The summed E-state index contributed by atoms with van der Waals surface area (Å²) in [6.45, 7) is 21.3. The van der Waals surface area contributed by atoms with Gasteiger partial charge in [0, 0.05) is 105 Å². The second kappa shape index (κ2) is 29.7. The number of hydrogen-bond donors (Lipinski definition) is 7. The lowest BCUT2D eigenvalue weighted by Gasteiger charge is -2.40. The summed E-state index contributed by atoms with van der Waals surface area (Å²) < 4.78 is 22.7. The summed E-state index contributed by atoms with van der Waals surface area (Å²) in [6, 6.07) is 12.5. The molecule has 0 unspecified atom stereocenters. The normalized spacial score (nSPS) is 18.9. The Morgan fingerprint density at radius 3 is 1.46 bits per heavy atom. The number of amides is 6. The number of aliphatic hydroxyl groups is 2. The lowest BCUT2D eigenvalue weighted by molar-refractivity contribution is -0.133. The highest BCUT2D eigenvalue weighted by Gasteiger charge is 2.40. The SMILES string of the molecule is CC(=O)N1CC(Nc2cc(C(=O)NC[C@@H](O)[C@@H]3Cc4ccc(O)cc4CN3C(=O)OC(C)(C)C)nc(N3CCCCC3)n2)C1.CC(=O)N1CC(Nc2cc(C(=O)NC[C@@H](O)[C@@H]3Cc4ccc(OCc5ocnc5C)cc4CN3C(=O)OC(C)(C)C)nc(N3CCCCC3)n2)C1. The fourth-order valence-corrected chi connectivity index (χ4v) is 12.3. The Morgan fingerprint density at radius 2 is 1.04 bits per heavy atom. The quantitative estimate of drug-likeness (QED) is 0.0586. The molecule has 4 fully saturated rings. The van der Waals surface area contributed by atoms with Crippen LogP contribution in [0.4, 0.5) is 33.1 Å². The number of nitrogens with zero attached hydrogens (tertiary/aromatic N) is 11. The number of rotatable bonds is 17. The van der Waals surface area contributed by atoms with Crippen molar-refractivity contribution in [2.24, 2.45) is 0 Å². The molecule has 2 aromatic carbocycles. The van der Waals surface area contributed by atoms with E-state index in [-0.39, 0.29) is 73.8 Å². The molecule has 7 N–H and O–H groups in total. The summed E-state index contributed by atoms with van der Waals surface area (Å²) in [7, 11) is 0. The molecule has 0 bridgehead atoms. The molecule has 95 heavy (non-hydrogen) atoms. The van der Waals surface area contributed by atoms with Gasteiger partial charge < -0.3 is 74.8 Å². The first-order valence-corrected chi connectivity index (χ1v) is 32.9. The zero-order valence-corrected chi connectivity index (χ0v) is 55.9. The highest BCUT2D eigenvalue weighted by atomic mass is 16.6. The van der Waals surface area contributed by atoms with Crippen molar-refractivity contribution in [1.29, 1.82) is 0 Å². The van der Waals surface area contributed by atoms with Crippen LogP contribution in [0.25, 0.3) is 0 Å². The minimum Gasteiger partial charge on any atom is -0.508 e. The van der Waals surface area contributed by atoms with Crippen molar-refractivity contribution < 1.29 is 62.7 Å². The van der Waals surface area contributed by atoms with Crippen LogP contribution in [0.3, 0.4) is 0 Å². The summed E-state index contributed by atoms with van der Waals surface area (Å²) >= 11 is 0. The predicted octanol–water partition coefficient (Wildman–Crippen LogP) is 5.71. The summed E-state index contributed by atoms with van der Waals surface area (Å²) in [5.74, 6) is 2.35. The molecule has 4 saturated heterocycles. The predicted molar refractivity (Wildman–Crippen MR) is 351 cm³/mol. The lowest BCUT2D eigenvalue weighted by Crippen LogP contribution is -2.56.